The van der Waals surface area contributed by atoms with Crippen LogP contribution in [0.2, 0.25) is 5.02 Å². The van der Waals surface area contributed by atoms with Gasteiger partial charge >= 0.3 is 0 Å². The molecule has 0 aliphatic carbocycles. The topological polar surface area (TPSA) is 46.3 Å². The Balaban J connectivity index is 2.28. The number of hydrogen-bond donors (Lipinski definition) is 1. The van der Waals surface area contributed by atoms with Crippen molar-refractivity contribution in [1.29, 1.82) is 0 Å². The molecule has 0 bridgehead atoms. The van der Waals surface area contributed by atoms with Gasteiger partial charge in [-0.15, -0.1) is 0 Å². The van der Waals surface area contributed by atoms with Crippen molar-refractivity contribution in [1.82, 2.24) is 0 Å². The number of nitrogens with two attached hydrogens (primary N) is 1. The molecule has 1 saturated heterocycles. The molecular formula is C12H15ClN2O. The molecular weight excluding hydrogens is 224 g/mol. The highest BCUT2D eigenvalue weighted by Crippen LogP contribution is 2.30. The third kappa shape index (κ3) is 2.20. The average molecular weight is 239 g/mol. The van der Waals surface area contributed by atoms with E-state index in [0.29, 0.717) is 10.6 Å². The van der Waals surface area contributed by atoms with Crippen LogP contribution in [-0.2, 0) is 0 Å². The summed E-state index contributed by atoms with van der Waals surface area (Å²) in [5.41, 5.74) is 7.36. The van der Waals surface area contributed by atoms with Crippen molar-refractivity contribution in [3.05, 3.63) is 28.8 Å². The van der Waals surface area contributed by atoms with Crippen molar-refractivity contribution in [2.75, 3.05) is 18.0 Å². The monoisotopic (exact) mass is 238 g/mol. The van der Waals surface area contributed by atoms with Crippen molar-refractivity contribution >= 4 is 23.6 Å². The fraction of sp³-hybridized carbons (Fsp3) is 0.417. The van der Waals surface area contributed by atoms with E-state index in [9.17, 15) is 4.79 Å². The lowest BCUT2D eigenvalue weighted by atomic mass is 10.0. The van der Waals surface area contributed by atoms with Gasteiger partial charge in [0.05, 0.1) is 10.7 Å². The number of aldehydes is 1. The standard InChI is InChI=1S/C12H15ClN2O/c13-11-3-1-2-9(8-16)12(11)15-6-4-10(14)5-7-15/h1-3,8,10H,4-7,14H2. The minimum Gasteiger partial charge on any atom is -0.370 e. The van der Waals surface area contributed by atoms with E-state index >= 15 is 0 Å². The van der Waals surface area contributed by atoms with Crippen LogP contribution >= 0.6 is 11.6 Å². The van der Waals surface area contributed by atoms with Crippen LogP contribution in [-0.4, -0.2) is 25.4 Å². The van der Waals surface area contributed by atoms with Crippen LogP contribution < -0.4 is 10.6 Å². The molecule has 1 aromatic rings. The van der Waals surface area contributed by atoms with E-state index in [0.717, 1.165) is 37.9 Å². The van der Waals surface area contributed by atoms with Crippen LogP contribution in [0.5, 0.6) is 0 Å². The molecule has 0 spiro atoms. The first kappa shape index (κ1) is 11.4. The fourth-order valence-corrected chi connectivity index (χ4v) is 2.39. The van der Waals surface area contributed by atoms with Gasteiger partial charge in [-0.05, 0) is 25.0 Å². The number of benzene rings is 1. The van der Waals surface area contributed by atoms with E-state index in [-0.39, 0.29) is 6.04 Å². The molecule has 0 amide bonds. The number of rotatable bonds is 2. The molecule has 3 nitrogen and oxygen atoms in total. The van der Waals surface area contributed by atoms with Gasteiger partial charge in [-0.3, -0.25) is 4.79 Å². The van der Waals surface area contributed by atoms with Crippen LogP contribution in [0.25, 0.3) is 0 Å². The minimum absolute atomic E-state index is 0.276. The Hall–Kier alpha value is -1.06. The smallest absolute Gasteiger partial charge is 0.152 e. The second-order valence-electron chi connectivity index (χ2n) is 4.12. The van der Waals surface area contributed by atoms with E-state index in [1.54, 1.807) is 12.1 Å². The number of hydrogen-bond acceptors (Lipinski definition) is 3. The van der Waals surface area contributed by atoms with E-state index < -0.39 is 0 Å². The molecule has 86 valence electrons. The summed E-state index contributed by atoms with van der Waals surface area (Å²) in [6, 6.07) is 5.69. The highest BCUT2D eigenvalue weighted by Gasteiger charge is 2.20. The normalized spacial score (nSPS) is 17.5. The van der Waals surface area contributed by atoms with Crippen LogP contribution in [0.3, 0.4) is 0 Å². The predicted octanol–water partition coefficient (Wildman–Crippen LogP) is 2.08. The van der Waals surface area contributed by atoms with Crippen LogP contribution in [0, 0.1) is 0 Å². The predicted molar refractivity (Wildman–Crippen MR) is 66.3 cm³/mol. The number of carbonyl (C=O) groups excluding carboxylic acids is 1. The molecule has 0 atom stereocenters. The Bertz CT molecular complexity index is 387. The van der Waals surface area contributed by atoms with Gasteiger partial charge in [0.1, 0.15) is 0 Å². The first-order valence-corrected chi connectivity index (χ1v) is 5.84. The van der Waals surface area contributed by atoms with Crippen LogP contribution in [0.1, 0.15) is 23.2 Å². The van der Waals surface area contributed by atoms with Crippen LogP contribution in [0.15, 0.2) is 18.2 Å². The first-order chi connectivity index (χ1) is 7.72. The zero-order chi connectivity index (χ0) is 11.5. The van der Waals surface area contributed by atoms with Crippen molar-refractivity contribution in [3.63, 3.8) is 0 Å². The van der Waals surface area contributed by atoms with Crippen molar-refractivity contribution in [3.8, 4) is 0 Å². The summed E-state index contributed by atoms with van der Waals surface area (Å²) in [6.45, 7) is 1.73. The Morgan fingerprint density at radius 2 is 2.06 bits per heavy atom. The number of halogens is 1. The van der Waals surface area contributed by atoms with Gasteiger partial charge in [-0.25, -0.2) is 0 Å². The highest BCUT2D eigenvalue weighted by atomic mass is 35.5. The van der Waals surface area contributed by atoms with Gasteiger partial charge in [0.15, 0.2) is 6.29 Å². The minimum atomic E-state index is 0.276. The Kier molecular flexibility index (Phi) is 3.46. The van der Waals surface area contributed by atoms with Gasteiger partial charge in [0, 0.05) is 24.7 Å². The second-order valence-corrected chi connectivity index (χ2v) is 4.53. The van der Waals surface area contributed by atoms with Gasteiger partial charge in [-0.2, -0.15) is 0 Å². The molecule has 4 heteroatoms. The summed E-state index contributed by atoms with van der Waals surface area (Å²) in [6.07, 6.45) is 2.75. The van der Waals surface area contributed by atoms with Crippen molar-refractivity contribution in [2.24, 2.45) is 5.73 Å². The Morgan fingerprint density at radius 3 is 2.69 bits per heavy atom. The first-order valence-electron chi connectivity index (χ1n) is 5.46. The van der Waals surface area contributed by atoms with E-state index in [1.807, 2.05) is 6.07 Å². The molecule has 1 aliphatic rings. The van der Waals surface area contributed by atoms with Gasteiger partial charge in [-0.1, -0.05) is 17.7 Å². The van der Waals surface area contributed by atoms with Gasteiger partial charge in [0.25, 0.3) is 0 Å². The molecule has 0 aromatic heterocycles. The maximum atomic E-state index is 11.0. The molecule has 2 N–H and O–H groups in total. The number of nitrogens with zero attached hydrogens (tertiary/aromatic N) is 1. The molecule has 2 rings (SSSR count). The summed E-state index contributed by atoms with van der Waals surface area (Å²) in [5, 5.41) is 0.639. The molecule has 1 fully saturated rings. The van der Waals surface area contributed by atoms with E-state index in [2.05, 4.69) is 4.90 Å². The lowest BCUT2D eigenvalue weighted by molar-refractivity contribution is 0.112. The van der Waals surface area contributed by atoms with E-state index in [4.69, 9.17) is 17.3 Å². The SMILES string of the molecule is NC1CCN(c2c(Cl)cccc2C=O)CC1. The number of piperidine rings is 1. The number of para-hydroxylation sites is 1. The lowest BCUT2D eigenvalue weighted by Gasteiger charge is -2.33. The fourth-order valence-electron chi connectivity index (χ4n) is 2.08. The Labute approximate surface area is 100 Å². The Morgan fingerprint density at radius 1 is 1.38 bits per heavy atom. The summed E-state index contributed by atoms with van der Waals surface area (Å²) in [7, 11) is 0. The average Bonchev–Trinajstić information content (AvgIpc) is 2.30. The summed E-state index contributed by atoms with van der Waals surface area (Å²) < 4.78 is 0. The molecule has 1 aliphatic heterocycles. The third-order valence-corrected chi connectivity index (χ3v) is 3.31. The second kappa shape index (κ2) is 4.85. The van der Waals surface area contributed by atoms with Crippen LogP contribution in [0.4, 0.5) is 5.69 Å². The largest absolute Gasteiger partial charge is 0.370 e. The summed E-state index contributed by atoms with van der Waals surface area (Å²) in [4.78, 5) is 13.1. The quantitative estimate of drug-likeness (QED) is 0.803. The molecule has 1 aromatic carbocycles. The number of anilines is 1. The molecule has 0 radical (unpaired) electrons. The van der Waals surface area contributed by atoms with Crippen molar-refractivity contribution < 1.29 is 4.79 Å². The maximum Gasteiger partial charge on any atom is 0.152 e. The van der Waals surface area contributed by atoms with Gasteiger partial charge in [0.2, 0.25) is 0 Å². The zero-order valence-electron chi connectivity index (χ0n) is 9.03. The summed E-state index contributed by atoms with van der Waals surface area (Å²) >= 11 is 6.15. The van der Waals surface area contributed by atoms with E-state index in [1.165, 1.54) is 0 Å². The zero-order valence-corrected chi connectivity index (χ0v) is 9.78. The third-order valence-electron chi connectivity index (χ3n) is 3.00. The van der Waals surface area contributed by atoms with Crippen molar-refractivity contribution in [2.45, 2.75) is 18.9 Å². The number of carbonyl (C=O) groups is 1. The summed E-state index contributed by atoms with van der Waals surface area (Å²) in [5.74, 6) is 0. The molecule has 16 heavy (non-hydrogen) atoms. The highest BCUT2D eigenvalue weighted by molar-refractivity contribution is 6.33. The lowest BCUT2D eigenvalue weighted by Crippen LogP contribution is -2.40. The molecule has 0 unspecified atom stereocenters. The van der Waals surface area contributed by atoms with Gasteiger partial charge < -0.3 is 10.6 Å². The maximum absolute atomic E-state index is 11.0. The molecule has 0 saturated carbocycles. The molecule has 1 heterocycles.